The van der Waals surface area contributed by atoms with Crippen molar-refractivity contribution in [3.8, 4) is 6.07 Å². The van der Waals surface area contributed by atoms with Crippen molar-refractivity contribution in [3.63, 3.8) is 0 Å². The van der Waals surface area contributed by atoms with Crippen LogP contribution in [0.15, 0.2) is 0 Å². The van der Waals surface area contributed by atoms with Gasteiger partial charge in [0.15, 0.2) is 0 Å². The third-order valence-electron chi connectivity index (χ3n) is 5.55. The molecule has 0 aromatic rings. The molecular weight excluding hydrogens is 236 g/mol. The van der Waals surface area contributed by atoms with Gasteiger partial charge in [-0.05, 0) is 52.1 Å². The maximum Gasteiger partial charge on any atom is 0.108 e. The van der Waals surface area contributed by atoms with Crippen molar-refractivity contribution in [2.45, 2.75) is 56.1 Å². The van der Waals surface area contributed by atoms with Gasteiger partial charge in [0.2, 0.25) is 0 Å². The van der Waals surface area contributed by atoms with E-state index in [4.69, 9.17) is 0 Å². The molecule has 3 aliphatic rings. The highest BCUT2D eigenvalue weighted by molar-refractivity contribution is 5.11. The minimum atomic E-state index is -0.268. The number of nitrogens with one attached hydrogen (secondary N) is 1. The quantitative estimate of drug-likeness (QED) is 0.812. The molecule has 4 heteroatoms. The van der Waals surface area contributed by atoms with Crippen LogP contribution in [0.5, 0.6) is 0 Å². The predicted molar refractivity (Wildman–Crippen MR) is 75.8 cm³/mol. The lowest BCUT2D eigenvalue weighted by Crippen LogP contribution is -2.57. The van der Waals surface area contributed by atoms with E-state index in [9.17, 15) is 5.26 Å². The highest BCUT2D eigenvalue weighted by Crippen LogP contribution is 2.33. The number of nitriles is 1. The van der Waals surface area contributed by atoms with E-state index < -0.39 is 0 Å². The van der Waals surface area contributed by atoms with Gasteiger partial charge < -0.3 is 5.32 Å². The second-order valence-corrected chi connectivity index (χ2v) is 6.52. The fourth-order valence-corrected chi connectivity index (χ4v) is 4.29. The molecule has 0 aromatic heterocycles. The lowest BCUT2D eigenvalue weighted by atomic mass is 9.79. The van der Waals surface area contributed by atoms with E-state index in [0.29, 0.717) is 6.04 Å². The maximum absolute atomic E-state index is 9.47. The molecule has 3 unspecified atom stereocenters. The Morgan fingerprint density at radius 1 is 1.11 bits per heavy atom. The molecule has 1 N–H and O–H groups in total. The standard InChI is InChI=1S/C15H26N4/c1-17-15(12-16)6-2-4-13(10-15)19-9-8-18-7-3-5-14(18)11-19/h13-14,17H,2-11H2,1H3. The number of hydrogen-bond acceptors (Lipinski definition) is 4. The molecule has 1 saturated carbocycles. The second-order valence-electron chi connectivity index (χ2n) is 6.52. The molecule has 3 atom stereocenters. The van der Waals surface area contributed by atoms with Crippen LogP contribution < -0.4 is 5.32 Å². The van der Waals surface area contributed by atoms with E-state index in [1.54, 1.807) is 0 Å². The van der Waals surface area contributed by atoms with Crippen molar-refractivity contribution in [2.24, 2.45) is 0 Å². The summed E-state index contributed by atoms with van der Waals surface area (Å²) in [5.41, 5.74) is -0.268. The SMILES string of the molecule is CNC1(C#N)CCCC(N2CCN3CCCC3C2)C1. The summed E-state index contributed by atoms with van der Waals surface area (Å²) in [6.07, 6.45) is 7.23. The Labute approximate surface area is 116 Å². The van der Waals surface area contributed by atoms with Gasteiger partial charge in [0.1, 0.15) is 5.54 Å². The predicted octanol–water partition coefficient (Wildman–Crippen LogP) is 1.19. The van der Waals surface area contributed by atoms with Gasteiger partial charge >= 0.3 is 0 Å². The molecular formula is C15H26N4. The first-order chi connectivity index (χ1) is 9.26. The molecule has 0 amide bonds. The van der Waals surface area contributed by atoms with Crippen molar-refractivity contribution in [1.29, 1.82) is 5.26 Å². The van der Waals surface area contributed by atoms with Crippen LogP contribution in [0.4, 0.5) is 0 Å². The zero-order chi connectivity index (χ0) is 13.3. The fourth-order valence-electron chi connectivity index (χ4n) is 4.29. The molecule has 19 heavy (non-hydrogen) atoms. The Balaban J connectivity index is 1.64. The molecule has 0 spiro atoms. The third kappa shape index (κ3) is 2.52. The number of fused-ring (bicyclic) bond motifs is 1. The van der Waals surface area contributed by atoms with Gasteiger partial charge in [-0.1, -0.05) is 0 Å². The van der Waals surface area contributed by atoms with E-state index >= 15 is 0 Å². The monoisotopic (exact) mass is 262 g/mol. The largest absolute Gasteiger partial charge is 0.302 e. The van der Waals surface area contributed by atoms with Crippen molar-refractivity contribution >= 4 is 0 Å². The van der Waals surface area contributed by atoms with Crippen LogP contribution in [0.2, 0.25) is 0 Å². The van der Waals surface area contributed by atoms with Crippen LogP contribution in [0.25, 0.3) is 0 Å². The first-order valence-corrected chi connectivity index (χ1v) is 7.85. The first-order valence-electron chi connectivity index (χ1n) is 7.85. The van der Waals surface area contributed by atoms with Crippen molar-refractivity contribution in [2.75, 3.05) is 33.2 Å². The number of rotatable bonds is 2. The normalized spacial score (nSPS) is 40.8. The maximum atomic E-state index is 9.47. The summed E-state index contributed by atoms with van der Waals surface area (Å²) in [5.74, 6) is 0. The van der Waals surface area contributed by atoms with Gasteiger partial charge in [-0.15, -0.1) is 0 Å². The summed E-state index contributed by atoms with van der Waals surface area (Å²) in [6, 6.07) is 3.94. The molecule has 4 nitrogen and oxygen atoms in total. The van der Waals surface area contributed by atoms with Gasteiger partial charge in [-0.25, -0.2) is 0 Å². The highest BCUT2D eigenvalue weighted by Gasteiger charge is 2.40. The molecule has 106 valence electrons. The summed E-state index contributed by atoms with van der Waals surface area (Å²) in [6.45, 7) is 4.98. The summed E-state index contributed by atoms with van der Waals surface area (Å²) >= 11 is 0. The minimum absolute atomic E-state index is 0.268. The van der Waals surface area contributed by atoms with Crippen molar-refractivity contribution in [3.05, 3.63) is 0 Å². The van der Waals surface area contributed by atoms with E-state index in [1.165, 1.54) is 51.9 Å². The van der Waals surface area contributed by atoms with Gasteiger partial charge in [-0.2, -0.15) is 5.26 Å². The van der Waals surface area contributed by atoms with Crippen LogP contribution in [0, 0.1) is 11.3 Å². The molecule has 0 radical (unpaired) electrons. The van der Waals surface area contributed by atoms with Gasteiger partial charge in [0.25, 0.3) is 0 Å². The van der Waals surface area contributed by atoms with Crippen LogP contribution in [-0.4, -0.2) is 60.6 Å². The molecule has 3 fully saturated rings. The van der Waals surface area contributed by atoms with E-state index in [2.05, 4.69) is 21.2 Å². The van der Waals surface area contributed by atoms with E-state index in [0.717, 1.165) is 18.9 Å². The Kier molecular flexibility index (Phi) is 3.79. The Morgan fingerprint density at radius 2 is 1.89 bits per heavy atom. The number of nitrogens with zero attached hydrogens (tertiary/aromatic N) is 3. The molecule has 0 bridgehead atoms. The topological polar surface area (TPSA) is 42.3 Å². The van der Waals surface area contributed by atoms with Crippen LogP contribution in [0.1, 0.15) is 38.5 Å². The molecule has 1 aliphatic carbocycles. The number of hydrogen-bond donors (Lipinski definition) is 1. The second kappa shape index (κ2) is 5.40. The zero-order valence-electron chi connectivity index (χ0n) is 12.1. The summed E-state index contributed by atoms with van der Waals surface area (Å²) in [4.78, 5) is 5.34. The third-order valence-corrected chi connectivity index (χ3v) is 5.55. The Morgan fingerprint density at radius 3 is 2.68 bits per heavy atom. The highest BCUT2D eigenvalue weighted by atomic mass is 15.3. The smallest absolute Gasteiger partial charge is 0.108 e. The molecule has 3 rings (SSSR count). The van der Waals surface area contributed by atoms with Crippen LogP contribution in [-0.2, 0) is 0 Å². The minimum Gasteiger partial charge on any atom is -0.302 e. The Bertz CT molecular complexity index is 364. The van der Waals surface area contributed by atoms with Gasteiger partial charge in [-0.3, -0.25) is 9.80 Å². The lowest BCUT2D eigenvalue weighted by molar-refractivity contribution is 0.0451. The average molecular weight is 262 g/mol. The van der Waals surface area contributed by atoms with Gasteiger partial charge in [0.05, 0.1) is 6.07 Å². The molecule has 2 aliphatic heterocycles. The van der Waals surface area contributed by atoms with Crippen LogP contribution >= 0.6 is 0 Å². The molecule has 2 heterocycles. The van der Waals surface area contributed by atoms with E-state index in [1.807, 2.05) is 7.05 Å². The molecule has 2 saturated heterocycles. The van der Waals surface area contributed by atoms with Crippen molar-refractivity contribution < 1.29 is 0 Å². The summed E-state index contributed by atoms with van der Waals surface area (Å²) in [7, 11) is 1.94. The lowest BCUT2D eigenvalue weighted by Gasteiger charge is -2.46. The Hall–Kier alpha value is -0.630. The molecule has 0 aromatic carbocycles. The number of piperazine rings is 1. The first kappa shape index (κ1) is 13.4. The zero-order valence-corrected chi connectivity index (χ0v) is 12.1. The summed E-state index contributed by atoms with van der Waals surface area (Å²) < 4.78 is 0. The summed E-state index contributed by atoms with van der Waals surface area (Å²) in [5, 5.41) is 12.8. The van der Waals surface area contributed by atoms with Crippen molar-refractivity contribution in [1.82, 2.24) is 15.1 Å². The van der Waals surface area contributed by atoms with Gasteiger partial charge in [0, 0.05) is 31.7 Å². The van der Waals surface area contributed by atoms with Crippen LogP contribution in [0.3, 0.4) is 0 Å². The fraction of sp³-hybridized carbons (Fsp3) is 0.933. The van der Waals surface area contributed by atoms with E-state index in [-0.39, 0.29) is 5.54 Å². The average Bonchev–Trinajstić information content (AvgIpc) is 2.94.